The van der Waals surface area contributed by atoms with Gasteiger partial charge in [-0.15, -0.1) is 0 Å². The first-order chi connectivity index (χ1) is 11.3. The molecule has 1 aromatic heterocycles. The molecule has 0 bridgehead atoms. The number of hydrogen-bond donors (Lipinski definition) is 1. The fraction of sp³-hybridized carbons (Fsp3) is 0.688. The second-order valence-electron chi connectivity index (χ2n) is 6.57. The minimum absolute atomic E-state index is 0.0510. The van der Waals surface area contributed by atoms with Gasteiger partial charge in [0.2, 0.25) is 5.88 Å². The molecule has 1 saturated carbocycles. The van der Waals surface area contributed by atoms with E-state index in [0.29, 0.717) is 12.4 Å². The Morgan fingerprint density at radius 3 is 2.91 bits per heavy atom. The molecule has 2 amide bonds. The van der Waals surface area contributed by atoms with Crippen LogP contribution < -0.4 is 15.0 Å². The zero-order valence-electron chi connectivity index (χ0n) is 13.3. The van der Waals surface area contributed by atoms with E-state index in [1.54, 1.807) is 12.4 Å². The van der Waals surface area contributed by atoms with Crippen molar-refractivity contribution >= 4 is 11.8 Å². The standard InChI is InChI=1S/C16H23N5O2/c22-16-18-8-12-11-20(6-7-21(12)16)14-9-17-10-15(19-14)23-13-4-2-1-3-5-13/h9-10,12-13H,1-8,11H2,(H,18,22). The SMILES string of the molecule is O=C1NCC2CN(c3cncc(OC4CCCCC4)n3)CCN12. The molecule has 2 saturated heterocycles. The molecule has 124 valence electrons. The Bertz CT molecular complexity index is 575. The van der Waals surface area contributed by atoms with Crippen LogP contribution in [0.5, 0.6) is 5.88 Å². The van der Waals surface area contributed by atoms with Crippen LogP contribution in [0.3, 0.4) is 0 Å². The maximum atomic E-state index is 11.7. The number of fused-ring (bicyclic) bond motifs is 1. The fourth-order valence-electron chi connectivity index (χ4n) is 3.71. The zero-order chi connectivity index (χ0) is 15.6. The first-order valence-corrected chi connectivity index (χ1v) is 8.58. The summed E-state index contributed by atoms with van der Waals surface area (Å²) in [5.41, 5.74) is 0. The number of ether oxygens (including phenoxy) is 1. The highest BCUT2D eigenvalue weighted by atomic mass is 16.5. The molecule has 3 fully saturated rings. The summed E-state index contributed by atoms with van der Waals surface area (Å²) in [4.78, 5) is 24.7. The molecule has 1 atom stereocenters. The Morgan fingerprint density at radius 2 is 2.04 bits per heavy atom. The molecular weight excluding hydrogens is 294 g/mol. The lowest BCUT2D eigenvalue weighted by molar-refractivity contribution is 0.148. The molecule has 1 aromatic rings. The van der Waals surface area contributed by atoms with Crippen molar-refractivity contribution in [2.45, 2.75) is 44.2 Å². The van der Waals surface area contributed by atoms with Gasteiger partial charge < -0.3 is 19.9 Å². The smallest absolute Gasteiger partial charge is 0.317 e. The number of piperazine rings is 1. The maximum absolute atomic E-state index is 11.7. The third-order valence-corrected chi connectivity index (χ3v) is 5.00. The highest BCUT2D eigenvalue weighted by Gasteiger charge is 2.35. The molecule has 1 N–H and O–H groups in total. The molecule has 4 rings (SSSR count). The van der Waals surface area contributed by atoms with Crippen molar-refractivity contribution in [3.05, 3.63) is 12.4 Å². The fourth-order valence-corrected chi connectivity index (χ4v) is 3.71. The first kappa shape index (κ1) is 14.5. The predicted molar refractivity (Wildman–Crippen MR) is 85.6 cm³/mol. The quantitative estimate of drug-likeness (QED) is 0.912. The molecule has 0 spiro atoms. The van der Waals surface area contributed by atoms with E-state index >= 15 is 0 Å². The summed E-state index contributed by atoms with van der Waals surface area (Å²) in [6.45, 7) is 3.01. The van der Waals surface area contributed by atoms with E-state index in [1.807, 2.05) is 4.90 Å². The number of anilines is 1. The second kappa shape index (κ2) is 6.22. The van der Waals surface area contributed by atoms with Gasteiger partial charge in [-0.3, -0.25) is 4.98 Å². The van der Waals surface area contributed by atoms with E-state index in [9.17, 15) is 4.79 Å². The van der Waals surface area contributed by atoms with Crippen molar-refractivity contribution in [1.29, 1.82) is 0 Å². The van der Waals surface area contributed by atoms with Gasteiger partial charge in [-0.2, -0.15) is 4.98 Å². The molecule has 1 unspecified atom stereocenters. The number of nitrogens with zero attached hydrogens (tertiary/aromatic N) is 4. The topological polar surface area (TPSA) is 70.6 Å². The Balaban J connectivity index is 1.43. The van der Waals surface area contributed by atoms with Crippen LogP contribution in [0.1, 0.15) is 32.1 Å². The Labute approximate surface area is 136 Å². The van der Waals surface area contributed by atoms with E-state index in [4.69, 9.17) is 4.74 Å². The summed E-state index contributed by atoms with van der Waals surface area (Å²) in [5.74, 6) is 1.47. The molecule has 7 heteroatoms. The van der Waals surface area contributed by atoms with Crippen LogP contribution in [-0.2, 0) is 0 Å². The van der Waals surface area contributed by atoms with E-state index in [0.717, 1.165) is 38.3 Å². The van der Waals surface area contributed by atoms with Crippen molar-refractivity contribution in [3.63, 3.8) is 0 Å². The highest BCUT2D eigenvalue weighted by molar-refractivity contribution is 5.77. The summed E-state index contributed by atoms with van der Waals surface area (Å²) in [5, 5.41) is 2.90. The number of carbonyl (C=O) groups excluding carboxylic acids is 1. The highest BCUT2D eigenvalue weighted by Crippen LogP contribution is 2.24. The van der Waals surface area contributed by atoms with Crippen molar-refractivity contribution in [2.24, 2.45) is 0 Å². The Morgan fingerprint density at radius 1 is 1.17 bits per heavy atom. The number of rotatable bonds is 3. The van der Waals surface area contributed by atoms with Crippen molar-refractivity contribution in [2.75, 3.05) is 31.1 Å². The van der Waals surface area contributed by atoms with Gasteiger partial charge >= 0.3 is 6.03 Å². The van der Waals surface area contributed by atoms with Crippen LogP contribution in [0.15, 0.2) is 12.4 Å². The largest absolute Gasteiger partial charge is 0.473 e. The molecule has 3 aliphatic rings. The van der Waals surface area contributed by atoms with E-state index in [-0.39, 0.29) is 18.2 Å². The molecule has 1 aliphatic carbocycles. The number of urea groups is 1. The van der Waals surface area contributed by atoms with Gasteiger partial charge in [0.1, 0.15) is 6.10 Å². The lowest BCUT2D eigenvalue weighted by Gasteiger charge is -2.37. The molecule has 0 aromatic carbocycles. The first-order valence-electron chi connectivity index (χ1n) is 8.58. The summed E-state index contributed by atoms with van der Waals surface area (Å²) in [7, 11) is 0. The molecule has 0 radical (unpaired) electrons. The molecule has 2 aliphatic heterocycles. The van der Waals surface area contributed by atoms with Crippen LogP contribution in [0, 0.1) is 0 Å². The number of carbonyl (C=O) groups is 1. The minimum atomic E-state index is 0.0510. The number of aromatic nitrogens is 2. The van der Waals surface area contributed by atoms with E-state index in [1.165, 1.54) is 19.3 Å². The van der Waals surface area contributed by atoms with Gasteiger partial charge in [0.15, 0.2) is 5.82 Å². The van der Waals surface area contributed by atoms with Gasteiger partial charge in [0, 0.05) is 26.2 Å². The van der Waals surface area contributed by atoms with Crippen molar-refractivity contribution in [1.82, 2.24) is 20.2 Å². The summed E-state index contributed by atoms with van der Waals surface area (Å²) < 4.78 is 6.01. The van der Waals surface area contributed by atoms with E-state index in [2.05, 4.69) is 20.2 Å². The van der Waals surface area contributed by atoms with Crippen LogP contribution >= 0.6 is 0 Å². The average molecular weight is 317 g/mol. The minimum Gasteiger partial charge on any atom is -0.473 e. The lowest BCUT2D eigenvalue weighted by atomic mass is 9.98. The monoisotopic (exact) mass is 317 g/mol. The summed E-state index contributed by atoms with van der Waals surface area (Å²) in [6.07, 6.45) is 9.78. The van der Waals surface area contributed by atoms with Crippen LogP contribution in [0.4, 0.5) is 10.6 Å². The van der Waals surface area contributed by atoms with Crippen LogP contribution in [0.25, 0.3) is 0 Å². The van der Waals surface area contributed by atoms with Crippen molar-refractivity contribution in [3.8, 4) is 5.88 Å². The number of nitrogens with one attached hydrogen (secondary N) is 1. The van der Waals surface area contributed by atoms with Crippen molar-refractivity contribution < 1.29 is 9.53 Å². The molecule has 7 nitrogen and oxygen atoms in total. The molecule has 23 heavy (non-hydrogen) atoms. The molecule has 3 heterocycles. The van der Waals surface area contributed by atoms with Gasteiger partial charge in [-0.05, 0) is 25.7 Å². The predicted octanol–water partition coefficient (Wildman–Crippen LogP) is 1.40. The normalized spacial score (nSPS) is 25.2. The number of hydrogen-bond acceptors (Lipinski definition) is 5. The summed E-state index contributed by atoms with van der Waals surface area (Å²) in [6, 6.07) is 0.274. The maximum Gasteiger partial charge on any atom is 0.317 e. The van der Waals surface area contributed by atoms with Gasteiger partial charge in [-0.25, -0.2) is 4.79 Å². The lowest BCUT2D eigenvalue weighted by Crippen LogP contribution is -2.52. The van der Waals surface area contributed by atoms with Crippen LogP contribution in [-0.4, -0.2) is 59.2 Å². The van der Waals surface area contributed by atoms with Gasteiger partial charge in [-0.1, -0.05) is 6.42 Å². The Hall–Kier alpha value is -2.05. The third-order valence-electron chi connectivity index (χ3n) is 5.00. The number of amides is 2. The van der Waals surface area contributed by atoms with Gasteiger partial charge in [0.25, 0.3) is 0 Å². The Kier molecular flexibility index (Phi) is 3.93. The third kappa shape index (κ3) is 3.04. The van der Waals surface area contributed by atoms with Crippen LogP contribution in [0.2, 0.25) is 0 Å². The summed E-state index contributed by atoms with van der Waals surface area (Å²) >= 11 is 0. The van der Waals surface area contributed by atoms with E-state index < -0.39 is 0 Å². The zero-order valence-corrected chi connectivity index (χ0v) is 13.3. The molecular formula is C16H23N5O2. The second-order valence-corrected chi connectivity index (χ2v) is 6.57. The average Bonchev–Trinajstić information content (AvgIpc) is 2.97. The van der Waals surface area contributed by atoms with Gasteiger partial charge in [0.05, 0.1) is 18.4 Å².